The quantitative estimate of drug-likeness (QED) is 0.416. The summed E-state index contributed by atoms with van der Waals surface area (Å²) in [5.74, 6) is -0.290. The maximum Gasteiger partial charge on any atom is 0.337 e. The molecule has 0 saturated heterocycles. The number of carbonyl (C=O) groups excluding carboxylic acids is 1. The first-order valence-electron chi connectivity index (χ1n) is 9.73. The fourth-order valence-electron chi connectivity index (χ4n) is 3.59. The van der Waals surface area contributed by atoms with Gasteiger partial charge in [-0.15, -0.1) is 0 Å². The number of aromatic nitrogens is 1. The topological polar surface area (TPSA) is 97.8 Å². The number of methoxy groups -OCH3 is 1. The van der Waals surface area contributed by atoms with Crippen LogP contribution < -0.4 is 14.8 Å². The van der Waals surface area contributed by atoms with Gasteiger partial charge in [-0.2, -0.15) is 5.26 Å². The van der Waals surface area contributed by atoms with Gasteiger partial charge in [-0.3, -0.25) is 0 Å². The first-order valence-corrected chi connectivity index (χ1v) is 9.73. The Labute approximate surface area is 180 Å². The van der Waals surface area contributed by atoms with E-state index in [0.717, 1.165) is 5.69 Å². The molecule has 1 unspecified atom stereocenters. The highest BCUT2D eigenvalue weighted by molar-refractivity contribution is 5.95. The third-order valence-corrected chi connectivity index (χ3v) is 4.87. The van der Waals surface area contributed by atoms with E-state index < -0.39 is 11.9 Å². The third-order valence-electron chi connectivity index (χ3n) is 4.87. The Morgan fingerprint density at radius 2 is 2.19 bits per heavy atom. The second-order valence-corrected chi connectivity index (χ2v) is 6.69. The van der Waals surface area contributed by atoms with Gasteiger partial charge in [0.05, 0.1) is 42.4 Å². The third kappa shape index (κ3) is 4.29. The minimum absolute atomic E-state index is 0.00540. The van der Waals surface area contributed by atoms with Crippen molar-refractivity contribution >= 4 is 11.7 Å². The summed E-state index contributed by atoms with van der Waals surface area (Å²) >= 11 is 0. The summed E-state index contributed by atoms with van der Waals surface area (Å²) in [6.45, 7) is 11.0. The second-order valence-electron chi connectivity index (χ2n) is 6.69. The zero-order valence-corrected chi connectivity index (χ0v) is 17.6. The van der Waals surface area contributed by atoms with Crippen LogP contribution in [0.5, 0.6) is 11.6 Å². The lowest BCUT2D eigenvalue weighted by Crippen LogP contribution is -2.26. The maximum atomic E-state index is 13.1. The summed E-state index contributed by atoms with van der Waals surface area (Å²) in [6.07, 6.45) is 1.64. The zero-order chi connectivity index (χ0) is 22.4. The van der Waals surface area contributed by atoms with E-state index in [0.29, 0.717) is 46.2 Å². The number of ether oxygens (including phenoxy) is 3. The molecule has 0 radical (unpaired) electrons. The maximum absolute atomic E-state index is 13.1. The number of fused-ring (bicyclic) bond motifs is 1. The standard InChI is InChI=1S/C23H22N4O4/c1-5-30-22-21-17(8-9-26-22)27-14(2)19(23(28)31-11-10-25-3)20(21)16-7-6-15(13-24)12-18(16)29-4/h6-9,12,20,27H,5,10-11H2,1-2,4H3. The predicted octanol–water partition coefficient (Wildman–Crippen LogP) is 3.65. The number of hydrogen-bond acceptors (Lipinski definition) is 7. The number of pyridine rings is 1. The lowest BCUT2D eigenvalue weighted by molar-refractivity contribution is -0.138. The normalized spacial score (nSPS) is 14.5. The van der Waals surface area contributed by atoms with E-state index >= 15 is 0 Å². The minimum Gasteiger partial charge on any atom is -0.496 e. The minimum atomic E-state index is -0.602. The average molecular weight is 418 g/mol. The summed E-state index contributed by atoms with van der Waals surface area (Å²) in [5.41, 5.74) is 3.53. The lowest BCUT2D eigenvalue weighted by Gasteiger charge is -2.31. The van der Waals surface area contributed by atoms with Gasteiger partial charge in [-0.25, -0.2) is 16.4 Å². The molecule has 3 rings (SSSR count). The van der Waals surface area contributed by atoms with Crippen LogP contribution in [0.2, 0.25) is 0 Å². The molecule has 158 valence electrons. The number of carbonyl (C=O) groups is 1. The summed E-state index contributed by atoms with van der Waals surface area (Å²) in [5, 5.41) is 12.5. The van der Waals surface area contributed by atoms with Crippen LogP contribution in [0.1, 0.15) is 36.5 Å². The summed E-state index contributed by atoms with van der Waals surface area (Å²) in [6, 6.07) is 8.98. The Morgan fingerprint density at radius 1 is 1.39 bits per heavy atom. The van der Waals surface area contributed by atoms with Crippen LogP contribution in [0.15, 0.2) is 41.7 Å². The number of nitrogens with zero attached hydrogens (tertiary/aromatic N) is 3. The first kappa shape index (κ1) is 21.7. The highest BCUT2D eigenvalue weighted by Crippen LogP contribution is 2.48. The molecule has 31 heavy (non-hydrogen) atoms. The van der Waals surface area contributed by atoms with Crippen molar-refractivity contribution in [3.05, 3.63) is 69.8 Å². The number of anilines is 1. The molecule has 0 bridgehead atoms. The van der Waals surface area contributed by atoms with Gasteiger partial charge in [0.2, 0.25) is 12.4 Å². The van der Waals surface area contributed by atoms with Crippen molar-refractivity contribution in [3.8, 4) is 17.7 Å². The van der Waals surface area contributed by atoms with Crippen LogP contribution >= 0.6 is 0 Å². The molecule has 0 amide bonds. The Bertz CT molecular complexity index is 1110. The molecule has 8 nitrogen and oxygen atoms in total. The molecule has 0 saturated carbocycles. The van der Waals surface area contributed by atoms with Gasteiger partial charge in [0, 0.05) is 23.1 Å². The number of hydrogen-bond donors (Lipinski definition) is 1. The average Bonchev–Trinajstić information content (AvgIpc) is 2.78. The number of allylic oxidation sites excluding steroid dienone is 1. The zero-order valence-electron chi connectivity index (χ0n) is 17.6. The Hall–Kier alpha value is -4.04. The van der Waals surface area contributed by atoms with Crippen LogP contribution in [-0.4, -0.2) is 37.8 Å². The summed E-state index contributed by atoms with van der Waals surface area (Å²) < 4.78 is 16.7. The number of nitrogens with one attached hydrogen (secondary N) is 1. The smallest absolute Gasteiger partial charge is 0.337 e. The molecular formula is C23H22N4O4. The van der Waals surface area contributed by atoms with E-state index in [1.54, 1.807) is 31.3 Å². The van der Waals surface area contributed by atoms with Crippen LogP contribution in [0.4, 0.5) is 5.69 Å². The molecule has 1 aromatic heterocycles. The monoisotopic (exact) mass is 418 g/mol. The summed E-state index contributed by atoms with van der Waals surface area (Å²) in [7, 11) is 1.51. The van der Waals surface area contributed by atoms with Gasteiger partial charge in [0.15, 0.2) is 6.61 Å². The van der Waals surface area contributed by atoms with Crippen molar-refractivity contribution in [1.29, 1.82) is 5.26 Å². The fraction of sp³-hybridized carbons (Fsp3) is 0.304. The van der Waals surface area contributed by atoms with E-state index in [4.69, 9.17) is 20.8 Å². The molecule has 1 aromatic carbocycles. The molecule has 1 atom stereocenters. The number of nitriles is 1. The highest BCUT2D eigenvalue weighted by atomic mass is 16.5. The van der Waals surface area contributed by atoms with Gasteiger partial charge < -0.3 is 24.4 Å². The summed E-state index contributed by atoms with van der Waals surface area (Å²) in [4.78, 5) is 20.7. The molecule has 0 spiro atoms. The molecule has 1 aliphatic rings. The van der Waals surface area contributed by atoms with Crippen molar-refractivity contribution < 1.29 is 19.0 Å². The highest BCUT2D eigenvalue weighted by Gasteiger charge is 2.37. The molecule has 1 aliphatic heterocycles. The molecule has 1 N–H and O–H groups in total. The van der Waals surface area contributed by atoms with E-state index in [2.05, 4.69) is 21.2 Å². The number of rotatable bonds is 7. The molecule has 8 heteroatoms. The van der Waals surface area contributed by atoms with Crippen LogP contribution in [-0.2, 0) is 9.53 Å². The van der Waals surface area contributed by atoms with E-state index in [-0.39, 0.29) is 13.2 Å². The van der Waals surface area contributed by atoms with Crippen molar-refractivity contribution in [2.75, 3.05) is 32.2 Å². The first-order chi connectivity index (χ1) is 15.0. The SMILES string of the molecule is [C-]#[N+]CCOC(=O)C1=C(C)Nc2ccnc(OCC)c2C1c1ccc(C#N)cc1OC. The van der Waals surface area contributed by atoms with E-state index in [9.17, 15) is 10.1 Å². The predicted molar refractivity (Wildman–Crippen MR) is 114 cm³/mol. The number of esters is 1. The van der Waals surface area contributed by atoms with Gasteiger partial charge in [0.25, 0.3) is 0 Å². The van der Waals surface area contributed by atoms with Crippen molar-refractivity contribution in [1.82, 2.24) is 4.98 Å². The Kier molecular flexibility index (Phi) is 6.74. The van der Waals surface area contributed by atoms with E-state index in [1.807, 2.05) is 13.0 Å². The largest absolute Gasteiger partial charge is 0.496 e. The van der Waals surface area contributed by atoms with Gasteiger partial charge in [-0.05, 0) is 32.0 Å². The van der Waals surface area contributed by atoms with Gasteiger partial charge in [0.1, 0.15) is 5.75 Å². The lowest BCUT2D eigenvalue weighted by atomic mass is 9.80. The van der Waals surface area contributed by atoms with E-state index in [1.165, 1.54) is 7.11 Å². The van der Waals surface area contributed by atoms with Gasteiger partial charge >= 0.3 is 5.97 Å². The molecule has 2 aromatic rings. The Morgan fingerprint density at radius 3 is 2.87 bits per heavy atom. The van der Waals surface area contributed by atoms with Gasteiger partial charge in [-0.1, -0.05) is 6.07 Å². The molecule has 0 fully saturated rings. The molecular weight excluding hydrogens is 396 g/mol. The fourth-order valence-corrected chi connectivity index (χ4v) is 3.59. The van der Waals surface area contributed by atoms with Crippen molar-refractivity contribution in [3.63, 3.8) is 0 Å². The van der Waals surface area contributed by atoms with Crippen LogP contribution in [0.3, 0.4) is 0 Å². The van der Waals surface area contributed by atoms with Crippen molar-refractivity contribution in [2.45, 2.75) is 19.8 Å². The molecule has 0 aliphatic carbocycles. The Balaban J connectivity index is 2.23. The number of benzene rings is 1. The molecule has 2 heterocycles. The van der Waals surface area contributed by atoms with Crippen LogP contribution in [0, 0.1) is 17.9 Å². The second kappa shape index (κ2) is 9.64. The van der Waals surface area contributed by atoms with Crippen molar-refractivity contribution in [2.24, 2.45) is 0 Å². The van der Waals surface area contributed by atoms with Crippen LogP contribution in [0.25, 0.3) is 4.85 Å².